The van der Waals surface area contributed by atoms with Gasteiger partial charge in [-0.2, -0.15) is 0 Å². The van der Waals surface area contributed by atoms with E-state index in [0.717, 1.165) is 11.1 Å². The second kappa shape index (κ2) is 4.75. The average Bonchev–Trinajstić information content (AvgIpc) is 2.18. The summed E-state index contributed by atoms with van der Waals surface area (Å²) in [5.74, 6) is 7.57. The summed E-state index contributed by atoms with van der Waals surface area (Å²) in [6, 6.07) is 4.40. The molecule has 1 unspecified atom stereocenters. The average molecular weight is 192 g/mol. The number of nitrogens with two attached hydrogens (primary N) is 1. The Bertz CT molecular complexity index is 355. The summed E-state index contributed by atoms with van der Waals surface area (Å²) in [7, 11) is 0. The van der Waals surface area contributed by atoms with Crippen molar-refractivity contribution in [3.05, 3.63) is 35.1 Å². The molecule has 0 spiro atoms. The molecule has 3 N–H and O–H groups in total. The van der Waals surface area contributed by atoms with Gasteiger partial charge in [-0.25, -0.2) is 4.39 Å². The van der Waals surface area contributed by atoms with Crippen LogP contribution in [0.2, 0.25) is 0 Å². The van der Waals surface area contributed by atoms with Crippen LogP contribution in [0.4, 0.5) is 4.39 Å². The number of benzene rings is 1. The van der Waals surface area contributed by atoms with Crippen LogP contribution in [-0.2, 0) is 0 Å². The SMILES string of the molecule is C#CCC(NN)c1cc(F)ccc1C. The molecule has 0 radical (unpaired) electrons. The number of rotatable bonds is 3. The molecule has 0 amide bonds. The number of hydrazine groups is 1. The fourth-order valence-corrected chi connectivity index (χ4v) is 1.36. The largest absolute Gasteiger partial charge is 0.271 e. The molecule has 14 heavy (non-hydrogen) atoms. The first kappa shape index (κ1) is 10.7. The number of hydrogen-bond donors (Lipinski definition) is 2. The van der Waals surface area contributed by atoms with Crippen LogP contribution >= 0.6 is 0 Å². The normalized spacial score (nSPS) is 12.1. The smallest absolute Gasteiger partial charge is 0.123 e. The van der Waals surface area contributed by atoms with Crippen LogP contribution < -0.4 is 11.3 Å². The maximum absolute atomic E-state index is 13.0. The Kier molecular flexibility index (Phi) is 3.63. The van der Waals surface area contributed by atoms with Crippen molar-refractivity contribution < 1.29 is 4.39 Å². The predicted octanol–water partition coefficient (Wildman–Crippen LogP) is 1.66. The molecule has 0 saturated carbocycles. The van der Waals surface area contributed by atoms with E-state index in [4.69, 9.17) is 12.3 Å². The second-order valence-electron chi connectivity index (χ2n) is 3.13. The number of hydrogen-bond acceptors (Lipinski definition) is 2. The molecule has 0 fully saturated rings. The van der Waals surface area contributed by atoms with Crippen molar-refractivity contribution in [3.63, 3.8) is 0 Å². The summed E-state index contributed by atoms with van der Waals surface area (Å²) < 4.78 is 13.0. The van der Waals surface area contributed by atoms with Gasteiger partial charge in [0.25, 0.3) is 0 Å². The minimum Gasteiger partial charge on any atom is -0.271 e. The Labute approximate surface area is 83.3 Å². The molecule has 1 aromatic rings. The Balaban J connectivity index is 3.03. The molecule has 2 nitrogen and oxygen atoms in total. The molecule has 0 aliphatic heterocycles. The number of terminal acetylenes is 1. The first-order valence-corrected chi connectivity index (χ1v) is 4.34. The summed E-state index contributed by atoms with van der Waals surface area (Å²) in [6.07, 6.45) is 5.64. The molecule has 3 heteroatoms. The first-order valence-electron chi connectivity index (χ1n) is 4.34. The van der Waals surface area contributed by atoms with Crippen molar-refractivity contribution >= 4 is 0 Å². The number of aryl methyl sites for hydroxylation is 1. The standard InChI is InChI=1S/C11H13FN2/c1-3-4-11(14-13)10-7-9(12)6-5-8(10)2/h1,5-7,11,14H,4,13H2,2H3. The van der Waals surface area contributed by atoms with Gasteiger partial charge in [-0.1, -0.05) is 6.07 Å². The van der Waals surface area contributed by atoms with Crippen molar-refractivity contribution in [2.75, 3.05) is 0 Å². The van der Waals surface area contributed by atoms with E-state index in [0.29, 0.717) is 6.42 Å². The van der Waals surface area contributed by atoms with Crippen LogP contribution in [0.15, 0.2) is 18.2 Å². The molecular weight excluding hydrogens is 179 g/mol. The van der Waals surface area contributed by atoms with E-state index >= 15 is 0 Å². The Morgan fingerprint density at radius 2 is 2.36 bits per heavy atom. The molecule has 1 atom stereocenters. The molecule has 1 rings (SSSR count). The van der Waals surface area contributed by atoms with E-state index in [2.05, 4.69) is 11.3 Å². The second-order valence-corrected chi connectivity index (χ2v) is 3.13. The summed E-state index contributed by atoms with van der Waals surface area (Å²) >= 11 is 0. The van der Waals surface area contributed by atoms with Gasteiger partial charge >= 0.3 is 0 Å². The van der Waals surface area contributed by atoms with Crippen LogP contribution in [-0.4, -0.2) is 0 Å². The van der Waals surface area contributed by atoms with Gasteiger partial charge in [0, 0.05) is 6.42 Å². The molecule has 0 aliphatic carbocycles. The van der Waals surface area contributed by atoms with Gasteiger partial charge in [0.05, 0.1) is 6.04 Å². The highest BCUT2D eigenvalue weighted by Crippen LogP contribution is 2.20. The van der Waals surface area contributed by atoms with Gasteiger partial charge in [-0.15, -0.1) is 12.3 Å². The van der Waals surface area contributed by atoms with Gasteiger partial charge in [0.15, 0.2) is 0 Å². The molecule has 0 heterocycles. The van der Waals surface area contributed by atoms with Crippen LogP contribution in [0, 0.1) is 25.1 Å². The highest BCUT2D eigenvalue weighted by atomic mass is 19.1. The van der Waals surface area contributed by atoms with Crippen molar-refractivity contribution in [3.8, 4) is 12.3 Å². The molecule has 0 aromatic heterocycles. The van der Waals surface area contributed by atoms with E-state index in [9.17, 15) is 4.39 Å². The lowest BCUT2D eigenvalue weighted by molar-refractivity contribution is 0.556. The third-order valence-electron chi connectivity index (χ3n) is 2.14. The molecule has 0 bridgehead atoms. The minimum atomic E-state index is -0.275. The van der Waals surface area contributed by atoms with Crippen LogP contribution in [0.25, 0.3) is 0 Å². The van der Waals surface area contributed by atoms with Crippen LogP contribution in [0.3, 0.4) is 0 Å². The minimum absolute atomic E-state index is 0.185. The van der Waals surface area contributed by atoms with Crippen LogP contribution in [0.5, 0.6) is 0 Å². The van der Waals surface area contributed by atoms with Gasteiger partial charge in [0.1, 0.15) is 5.82 Å². The topological polar surface area (TPSA) is 38.0 Å². The molecule has 1 aromatic carbocycles. The van der Waals surface area contributed by atoms with Gasteiger partial charge in [-0.3, -0.25) is 11.3 Å². The third-order valence-corrected chi connectivity index (χ3v) is 2.14. The lowest BCUT2D eigenvalue weighted by Crippen LogP contribution is -2.28. The maximum Gasteiger partial charge on any atom is 0.123 e. The van der Waals surface area contributed by atoms with Gasteiger partial charge < -0.3 is 0 Å². The first-order chi connectivity index (χ1) is 6.69. The zero-order chi connectivity index (χ0) is 10.6. The van der Waals surface area contributed by atoms with Crippen LogP contribution in [0.1, 0.15) is 23.6 Å². The monoisotopic (exact) mass is 192 g/mol. The molecular formula is C11H13FN2. The van der Waals surface area contributed by atoms with E-state index in [-0.39, 0.29) is 11.9 Å². The van der Waals surface area contributed by atoms with Crippen molar-refractivity contribution in [2.45, 2.75) is 19.4 Å². The molecule has 0 saturated heterocycles. The summed E-state index contributed by atoms with van der Waals surface area (Å²) in [5, 5.41) is 0. The van der Waals surface area contributed by atoms with Crippen molar-refractivity contribution in [1.29, 1.82) is 0 Å². The Morgan fingerprint density at radius 1 is 1.64 bits per heavy atom. The summed E-state index contributed by atoms with van der Waals surface area (Å²) in [5.41, 5.74) is 4.37. The molecule has 0 aliphatic rings. The fourth-order valence-electron chi connectivity index (χ4n) is 1.36. The van der Waals surface area contributed by atoms with E-state index in [1.54, 1.807) is 6.07 Å². The van der Waals surface area contributed by atoms with E-state index in [1.165, 1.54) is 12.1 Å². The lowest BCUT2D eigenvalue weighted by atomic mass is 9.99. The van der Waals surface area contributed by atoms with E-state index < -0.39 is 0 Å². The molecule has 74 valence electrons. The van der Waals surface area contributed by atoms with E-state index in [1.807, 2.05) is 6.92 Å². The van der Waals surface area contributed by atoms with Gasteiger partial charge in [0.2, 0.25) is 0 Å². The summed E-state index contributed by atoms with van der Waals surface area (Å²) in [6.45, 7) is 1.90. The Hall–Kier alpha value is -1.37. The van der Waals surface area contributed by atoms with Gasteiger partial charge in [-0.05, 0) is 30.2 Å². The maximum atomic E-state index is 13.0. The van der Waals surface area contributed by atoms with Crippen molar-refractivity contribution in [1.82, 2.24) is 5.43 Å². The number of nitrogens with one attached hydrogen (secondary N) is 1. The summed E-state index contributed by atoms with van der Waals surface area (Å²) in [4.78, 5) is 0. The third kappa shape index (κ3) is 2.32. The number of halogens is 1. The predicted molar refractivity (Wildman–Crippen MR) is 54.7 cm³/mol. The Morgan fingerprint density at radius 3 is 2.93 bits per heavy atom. The fraction of sp³-hybridized carbons (Fsp3) is 0.273. The highest BCUT2D eigenvalue weighted by Gasteiger charge is 2.11. The zero-order valence-electron chi connectivity index (χ0n) is 8.05. The quantitative estimate of drug-likeness (QED) is 0.434. The highest BCUT2D eigenvalue weighted by molar-refractivity contribution is 5.30. The zero-order valence-corrected chi connectivity index (χ0v) is 8.05. The van der Waals surface area contributed by atoms with Crippen molar-refractivity contribution in [2.24, 2.45) is 5.84 Å². The lowest BCUT2D eigenvalue weighted by Gasteiger charge is -2.15.